The molecule has 1 aliphatic carbocycles. The number of hydrogen-bond donors (Lipinski definition) is 2. The lowest BCUT2D eigenvalue weighted by atomic mass is 9.85. The molecule has 2 amide bonds. The molecule has 1 fully saturated rings. The number of carboxylic acids is 1. The minimum absolute atomic E-state index is 0.0214. The van der Waals surface area contributed by atoms with E-state index in [9.17, 15) is 14.4 Å². The maximum atomic E-state index is 13.4. The molecule has 0 aromatic heterocycles. The van der Waals surface area contributed by atoms with E-state index in [1.54, 1.807) is 0 Å². The van der Waals surface area contributed by atoms with Gasteiger partial charge in [0, 0.05) is 31.5 Å². The van der Waals surface area contributed by atoms with Gasteiger partial charge in [-0.15, -0.1) is 0 Å². The Morgan fingerprint density at radius 1 is 1.09 bits per heavy atom. The molecule has 7 nitrogen and oxygen atoms in total. The largest absolute Gasteiger partial charge is 0.481 e. The SMILES string of the molecule is CCC(C)(CNC(=O)OCC1c2ccccc2-c2ccccc21)C(=O)N1CCCC1CCC(=O)O. The van der Waals surface area contributed by atoms with Gasteiger partial charge in [0.05, 0.1) is 5.41 Å². The zero-order valence-electron chi connectivity index (χ0n) is 20.5. The van der Waals surface area contributed by atoms with Crippen LogP contribution in [0.5, 0.6) is 0 Å². The van der Waals surface area contributed by atoms with E-state index in [1.807, 2.05) is 43.0 Å². The van der Waals surface area contributed by atoms with Crippen molar-refractivity contribution in [3.05, 3.63) is 59.7 Å². The molecule has 7 heteroatoms. The highest BCUT2D eigenvalue weighted by atomic mass is 16.5. The second-order valence-corrected chi connectivity index (χ2v) is 9.82. The van der Waals surface area contributed by atoms with Crippen LogP contribution in [0.3, 0.4) is 0 Å². The number of amides is 2. The van der Waals surface area contributed by atoms with Crippen LogP contribution in [0.2, 0.25) is 0 Å². The summed E-state index contributed by atoms with van der Waals surface area (Å²) < 4.78 is 5.63. The van der Waals surface area contributed by atoms with E-state index < -0.39 is 17.5 Å². The Hall–Kier alpha value is -3.35. The molecule has 2 atom stereocenters. The Balaban J connectivity index is 1.35. The van der Waals surface area contributed by atoms with E-state index in [4.69, 9.17) is 9.84 Å². The third kappa shape index (κ3) is 5.19. The zero-order valence-corrected chi connectivity index (χ0v) is 20.5. The number of carboxylic acid groups (broad SMARTS) is 1. The topological polar surface area (TPSA) is 95.9 Å². The maximum Gasteiger partial charge on any atom is 0.407 e. The van der Waals surface area contributed by atoms with Crippen molar-refractivity contribution in [3.8, 4) is 11.1 Å². The van der Waals surface area contributed by atoms with E-state index in [0.717, 1.165) is 24.0 Å². The van der Waals surface area contributed by atoms with Crippen molar-refractivity contribution >= 4 is 18.0 Å². The van der Waals surface area contributed by atoms with Gasteiger partial charge in [0.1, 0.15) is 6.61 Å². The summed E-state index contributed by atoms with van der Waals surface area (Å²) >= 11 is 0. The van der Waals surface area contributed by atoms with Crippen molar-refractivity contribution < 1.29 is 24.2 Å². The fraction of sp³-hybridized carbons (Fsp3) is 0.464. The fourth-order valence-electron chi connectivity index (χ4n) is 5.31. The highest BCUT2D eigenvalue weighted by molar-refractivity contribution is 5.84. The Morgan fingerprint density at radius 3 is 2.31 bits per heavy atom. The molecular weight excluding hydrogens is 444 g/mol. The van der Waals surface area contributed by atoms with Gasteiger partial charge in [-0.1, -0.05) is 55.5 Å². The van der Waals surface area contributed by atoms with Crippen LogP contribution < -0.4 is 5.32 Å². The molecule has 0 bridgehead atoms. The summed E-state index contributed by atoms with van der Waals surface area (Å²) in [5, 5.41) is 11.8. The molecule has 2 aliphatic rings. The van der Waals surface area contributed by atoms with Crippen LogP contribution in [0.4, 0.5) is 4.79 Å². The Bertz CT molecular complexity index is 1050. The first-order chi connectivity index (χ1) is 16.8. The van der Waals surface area contributed by atoms with Gasteiger partial charge in [0.15, 0.2) is 0 Å². The lowest BCUT2D eigenvalue weighted by Gasteiger charge is -2.35. The number of benzene rings is 2. The Morgan fingerprint density at radius 2 is 1.71 bits per heavy atom. The van der Waals surface area contributed by atoms with Crippen LogP contribution in [0.25, 0.3) is 11.1 Å². The minimum Gasteiger partial charge on any atom is -0.481 e. The quantitative estimate of drug-likeness (QED) is 0.540. The van der Waals surface area contributed by atoms with Crippen LogP contribution in [0, 0.1) is 5.41 Å². The van der Waals surface area contributed by atoms with Crippen molar-refractivity contribution in [1.29, 1.82) is 0 Å². The number of alkyl carbamates (subject to hydrolysis) is 1. The predicted octanol–water partition coefficient (Wildman–Crippen LogP) is 4.80. The second kappa shape index (κ2) is 10.5. The molecule has 2 aromatic carbocycles. The smallest absolute Gasteiger partial charge is 0.407 e. The van der Waals surface area contributed by atoms with Crippen LogP contribution in [-0.2, 0) is 14.3 Å². The summed E-state index contributed by atoms with van der Waals surface area (Å²) in [6, 6.07) is 16.3. The first-order valence-electron chi connectivity index (χ1n) is 12.5. The van der Waals surface area contributed by atoms with Crippen LogP contribution in [-0.4, -0.2) is 53.7 Å². The first-order valence-corrected chi connectivity index (χ1v) is 12.5. The van der Waals surface area contributed by atoms with Gasteiger partial charge < -0.3 is 20.1 Å². The number of ether oxygens (including phenoxy) is 1. The van der Waals surface area contributed by atoms with Crippen molar-refractivity contribution in [2.45, 2.75) is 57.9 Å². The summed E-state index contributed by atoms with van der Waals surface area (Å²) in [5.74, 6) is -0.904. The zero-order chi connectivity index (χ0) is 25.0. The van der Waals surface area contributed by atoms with Crippen molar-refractivity contribution in [3.63, 3.8) is 0 Å². The maximum absolute atomic E-state index is 13.4. The van der Waals surface area contributed by atoms with E-state index in [1.165, 1.54) is 11.1 Å². The third-order valence-corrected chi connectivity index (χ3v) is 7.59. The molecule has 1 saturated heterocycles. The van der Waals surface area contributed by atoms with E-state index in [0.29, 0.717) is 19.4 Å². The number of nitrogens with one attached hydrogen (secondary N) is 1. The summed E-state index contributed by atoms with van der Waals surface area (Å²) in [4.78, 5) is 38.8. The van der Waals surface area contributed by atoms with Gasteiger partial charge in [-0.05, 0) is 54.9 Å². The molecule has 35 heavy (non-hydrogen) atoms. The van der Waals surface area contributed by atoms with Crippen LogP contribution in [0.15, 0.2) is 48.5 Å². The molecule has 1 aliphatic heterocycles. The predicted molar refractivity (Wildman–Crippen MR) is 133 cm³/mol. The molecule has 186 valence electrons. The van der Waals surface area contributed by atoms with Crippen molar-refractivity contribution in [2.75, 3.05) is 19.7 Å². The van der Waals surface area contributed by atoms with E-state index in [2.05, 4.69) is 29.6 Å². The van der Waals surface area contributed by atoms with Crippen molar-refractivity contribution in [2.24, 2.45) is 5.41 Å². The highest BCUT2D eigenvalue weighted by Gasteiger charge is 2.40. The molecule has 1 heterocycles. The number of carbonyl (C=O) groups is 3. The number of likely N-dealkylation sites (tertiary alicyclic amines) is 1. The standard InChI is InChI=1S/C28H34N2O5/c1-3-28(2,26(33)30-16-8-9-19(30)14-15-25(31)32)18-29-27(34)35-17-24-22-12-6-4-10-20(22)21-11-5-7-13-23(21)24/h4-7,10-13,19,24H,3,8-9,14-18H2,1-2H3,(H,29,34)(H,31,32). The number of fused-ring (bicyclic) bond motifs is 3. The first kappa shape index (κ1) is 24.8. The van der Waals surface area contributed by atoms with Crippen LogP contribution in [0.1, 0.15) is 63.0 Å². The van der Waals surface area contributed by atoms with Crippen molar-refractivity contribution in [1.82, 2.24) is 10.2 Å². The normalized spacial score (nSPS) is 18.5. The average molecular weight is 479 g/mol. The number of aliphatic carboxylic acids is 1. The molecule has 4 rings (SSSR count). The van der Waals surface area contributed by atoms with Gasteiger partial charge >= 0.3 is 12.1 Å². The number of hydrogen-bond acceptors (Lipinski definition) is 4. The Kier molecular flexibility index (Phi) is 7.43. The fourth-order valence-corrected chi connectivity index (χ4v) is 5.31. The summed E-state index contributed by atoms with van der Waals surface area (Å²) in [6.45, 7) is 4.80. The molecule has 2 aromatic rings. The molecule has 0 saturated carbocycles. The summed E-state index contributed by atoms with van der Waals surface area (Å²) in [7, 11) is 0. The lowest BCUT2D eigenvalue weighted by Crippen LogP contribution is -2.50. The second-order valence-electron chi connectivity index (χ2n) is 9.82. The molecule has 2 unspecified atom stereocenters. The van der Waals surface area contributed by atoms with Gasteiger partial charge in [-0.25, -0.2) is 4.79 Å². The molecule has 0 radical (unpaired) electrons. The van der Waals surface area contributed by atoms with Gasteiger partial charge in [-0.2, -0.15) is 0 Å². The summed E-state index contributed by atoms with van der Waals surface area (Å²) in [5.41, 5.74) is 3.86. The van der Waals surface area contributed by atoms with Gasteiger partial charge in [0.2, 0.25) is 5.91 Å². The lowest BCUT2D eigenvalue weighted by molar-refractivity contribution is -0.143. The molecule has 2 N–H and O–H groups in total. The highest BCUT2D eigenvalue weighted by Crippen LogP contribution is 2.44. The number of rotatable bonds is 9. The monoisotopic (exact) mass is 478 g/mol. The number of nitrogens with zero attached hydrogens (tertiary/aromatic N) is 1. The number of carbonyl (C=O) groups excluding carboxylic acids is 2. The Labute approximate surface area is 206 Å². The summed E-state index contributed by atoms with van der Waals surface area (Å²) in [6.07, 6.45) is 2.21. The van der Waals surface area contributed by atoms with Crippen LogP contribution >= 0.6 is 0 Å². The third-order valence-electron chi connectivity index (χ3n) is 7.59. The minimum atomic E-state index is -0.848. The average Bonchev–Trinajstić information content (AvgIpc) is 3.47. The van der Waals surface area contributed by atoms with Gasteiger partial charge in [0.25, 0.3) is 0 Å². The molecular formula is C28H34N2O5. The van der Waals surface area contributed by atoms with E-state index in [-0.39, 0.29) is 37.4 Å². The van der Waals surface area contributed by atoms with E-state index >= 15 is 0 Å². The van der Waals surface area contributed by atoms with Gasteiger partial charge in [-0.3, -0.25) is 9.59 Å². The molecule has 0 spiro atoms.